The zero-order chi connectivity index (χ0) is 13.2. The van der Waals surface area contributed by atoms with Crippen LogP contribution in [-0.4, -0.2) is 18.5 Å². The molecule has 0 fully saturated rings. The number of benzene rings is 1. The summed E-state index contributed by atoms with van der Waals surface area (Å²) in [7, 11) is -3.67. The Kier molecular flexibility index (Phi) is 3.60. The van der Waals surface area contributed by atoms with Gasteiger partial charge in [0.15, 0.2) is 0 Å². The molecule has 96 valence electrons. The van der Waals surface area contributed by atoms with E-state index in [1.165, 1.54) is 18.3 Å². The summed E-state index contributed by atoms with van der Waals surface area (Å²) >= 11 is 5.77. The molecule has 5 nitrogen and oxygen atoms in total. The van der Waals surface area contributed by atoms with Crippen LogP contribution in [0.15, 0.2) is 41.4 Å². The molecule has 2 aromatic rings. The van der Waals surface area contributed by atoms with E-state index in [0.717, 1.165) is 0 Å². The number of sulfonamides is 1. The molecule has 0 unspecified atom stereocenters. The Labute approximate surface area is 109 Å². The molecule has 0 aliphatic rings. The highest BCUT2D eigenvalue weighted by Gasteiger charge is 2.16. The van der Waals surface area contributed by atoms with E-state index < -0.39 is 10.0 Å². The Balaban J connectivity index is 2.27. The number of aromatic amines is 1. The van der Waals surface area contributed by atoms with Crippen molar-refractivity contribution < 1.29 is 13.5 Å². The normalized spacial score (nSPS) is 11.4. The first kappa shape index (κ1) is 12.9. The van der Waals surface area contributed by atoms with E-state index in [-0.39, 0.29) is 11.5 Å². The molecule has 1 aromatic carbocycles. The zero-order valence-electron chi connectivity index (χ0n) is 9.22. The number of rotatable bonds is 4. The second-order valence-electron chi connectivity index (χ2n) is 3.63. The quantitative estimate of drug-likeness (QED) is 0.803. The highest BCUT2D eigenvalue weighted by Crippen LogP contribution is 2.19. The van der Waals surface area contributed by atoms with Gasteiger partial charge in [0.2, 0.25) is 0 Å². The minimum Gasteiger partial charge on any atom is -0.390 e. The Morgan fingerprint density at radius 1 is 1.33 bits per heavy atom. The van der Waals surface area contributed by atoms with E-state index in [2.05, 4.69) is 9.71 Å². The van der Waals surface area contributed by atoms with E-state index in [0.29, 0.717) is 16.4 Å². The summed E-state index contributed by atoms with van der Waals surface area (Å²) in [5.74, 6) is 0. The van der Waals surface area contributed by atoms with Crippen molar-refractivity contribution >= 4 is 27.3 Å². The lowest BCUT2D eigenvalue weighted by Gasteiger charge is -2.06. The standard InChI is InChI=1S/C11H11ClN2O3S/c12-8-2-1-3-9(4-8)14-18(16,17)11-5-10(7-15)13-6-11/h1-6,13-15H,7H2. The monoisotopic (exact) mass is 286 g/mol. The van der Waals surface area contributed by atoms with Crippen molar-refractivity contribution in [1.29, 1.82) is 0 Å². The van der Waals surface area contributed by atoms with Crippen LogP contribution in [0.25, 0.3) is 0 Å². The van der Waals surface area contributed by atoms with Crippen LogP contribution in [0.1, 0.15) is 5.69 Å². The second-order valence-corrected chi connectivity index (χ2v) is 5.75. The van der Waals surface area contributed by atoms with Crippen LogP contribution in [0.5, 0.6) is 0 Å². The van der Waals surface area contributed by atoms with E-state index >= 15 is 0 Å². The maximum Gasteiger partial charge on any atom is 0.263 e. The molecule has 0 aliphatic heterocycles. The number of nitrogens with one attached hydrogen (secondary N) is 2. The van der Waals surface area contributed by atoms with Gasteiger partial charge in [-0.05, 0) is 24.3 Å². The molecule has 0 radical (unpaired) electrons. The number of anilines is 1. The molecule has 0 saturated carbocycles. The number of halogens is 1. The van der Waals surface area contributed by atoms with Gasteiger partial charge in [0, 0.05) is 16.9 Å². The highest BCUT2D eigenvalue weighted by atomic mass is 35.5. The molecule has 0 atom stereocenters. The molecular formula is C11H11ClN2O3S. The van der Waals surface area contributed by atoms with Crippen LogP contribution in [0.2, 0.25) is 5.02 Å². The minimum atomic E-state index is -3.67. The van der Waals surface area contributed by atoms with Crippen LogP contribution >= 0.6 is 11.6 Å². The summed E-state index contributed by atoms with van der Waals surface area (Å²) in [6, 6.07) is 7.78. The maximum atomic E-state index is 12.0. The molecule has 7 heteroatoms. The average Bonchev–Trinajstić information content (AvgIpc) is 2.77. The molecule has 0 amide bonds. The number of hydrogen-bond acceptors (Lipinski definition) is 3. The van der Waals surface area contributed by atoms with Crippen LogP contribution in [0, 0.1) is 0 Å². The molecule has 0 saturated heterocycles. The predicted octanol–water partition coefficient (Wildman–Crippen LogP) is 1.96. The second kappa shape index (κ2) is 5.01. The van der Waals surface area contributed by atoms with E-state index in [1.807, 2.05) is 0 Å². The topological polar surface area (TPSA) is 82.2 Å². The summed E-state index contributed by atoms with van der Waals surface area (Å²) in [5, 5.41) is 9.32. The minimum absolute atomic E-state index is 0.0616. The number of aromatic nitrogens is 1. The van der Waals surface area contributed by atoms with Gasteiger partial charge in [-0.25, -0.2) is 8.42 Å². The van der Waals surface area contributed by atoms with Gasteiger partial charge >= 0.3 is 0 Å². The van der Waals surface area contributed by atoms with Crippen molar-refractivity contribution in [1.82, 2.24) is 4.98 Å². The van der Waals surface area contributed by atoms with Gasteiger partial charge < -0.3 is 10.1 Å². The van der Waals surface area contributed by atoms with Crippen LogP contribution in [0.4, 0.5) is 5.69 Å². The lowest BCUT2D eigenvalue weighted by atomic mass is 10.3. The highest BCUT2D eigenvalue weighted by molar-refractivity contribution is 7.92. The third kappa shape index (κ3) is 2.84. The van der Waals surface area contributed by atoms with E-state index in [4.69, 9.17) is 16.7 Å². The Morgan fingerprint density at radius 2 is 2.11 bits per heavy atom. The van der Waals surface area contributed by atoms with Crippen molar-refractivity contribution in [3.63, 3.8) is 0 Å². The van der Waals surface area contributed by atoms with Gasteiger partial charge in [-0.3, -0.25) is 4.72 Å². The van der Waals surface area contributed by atoms with Crippen LogP contribution < -0.4 is 4.72 Å². The summed E-state index contributed by atoms with van der Waals surface area (Å²) in [4.78, 5) is 2.73. The van der Waals surface area contributed by atoms with Crippen molar-refractivity contribution in [2.75, 3.05) is 4.72 Å². The number of aliphatic hydroxyl groups is 1. The first-order valence-electron chi connectivity index (χ1n) is 5.08. The fourth-order valence-corrected chi connectivity index (χ4v) is 2.69. The van der Waals surface area contributed by atoms with Crippen molar-refractivity contribution in [2.24, 2.45) is 0 Å². The van der Waals surface area contributed by atoms with Gasteiger partial charge in [-0.1, -0.05) is 17.7 Å². The van der Waals surface area contributed by atoms with Crippen LogP contribution in [-0.2, 0) is 16.6 Å². The molecule has 3 N–H and O–H groups in total. The average molecular weight is 287 g/mol. The largest absolute Gasteiger partial charge is 0.390 e. The predicted molar refractivity (Wildman–Crippen MR) is 69.0 cm³/mol. The Morgan fingerprint density at radius 3 is 2.72 bits per heavy atom. The summed E-state index contributed by atoms with van der Waals surface area (Å²) < 4.78 is 26.4. The SMILES string of the molecule is O=S(=O)(Nc1cccc(Cl)c1)c1c[nH]c(CO)c1. The summed E-state index contributed by atoms with van der Waals surface area (Å²) in [5.41, 5.74) is 0.815. The van der Waals surface area contributed by atoms with E-state index in [1.54, 1.807) is 18.2 Å². The van der Waals surface area contributed by atoms with E-state index in [9.17, 15) is 8.42 Å². The van der Waals surface area contributed by atoms with Crippen LogP contribution in [0.3, 0.4) is 0 Å². The number of H-pyrrole nitrogens is 1. The molecular weight excluding hydrogens is 276 g/mol. The maximum absolute atomic E-state index is 12.0. The van der Waals surface area contributed by atoms with Gasteiger partial charge in [0.25, 0.3) is 10.0 Å². The third-order valence-corrected chi connectivity index (χ3v) is 3.87. The Hall–Kier alpha value is -1.50. The molecule has 18 heavy (non-hydrogen) atoms. The van der Waals surface area contributed by atoms with Gasteiger partial charge in [-0.2, -0.15) is 0 Å². The molecule has 0 bridgehead atoms. The molecule has 1 heterocycles. The summed E-state index contributed by atoms with van der Waals surface area (Å²) in [6.07, 6.45) is 1.32. The van der Waals surface area contributed by atoms with Crippen molar-refractivity contribution in [2.45, 2.75) is 11.5 Å². The van der Waals surface area contributed by atoms with Gasteiger partial charge in [-0.15, -0.1) is 0 Å². The number of hydrogen-bond donors (Lipinski definition) is 3. The first-order valence-corrected chi connectivity index (χ1v) is 6.94. The van der Waals surface area contributed by atoms with Crippen molar-refractivity contribution in [3.8, 4) is 0 Å². The van der Waals surface area contributed by atoms with Gasteiger partial charge in [0.1, 0.15) is 4.90 Å². The smallest absolute Gasteiger partial charge is 0.263 e. The fourth-order valence-electron chi connectivity index (χ4n) is 1.43. The fraction of sp³-hybridized carbons (Fsp3) is 0.0909. The first-order chi connectivity index (χ1) is 8.51. The number of aliphatic hydroxyl groups excluding tert-OH is 1. The summed E-state index contributed by atoms with van der Waals surface area (Å²) in [6.45, 7) is -0.243. The molecule has 1 aromatic heterocycles. The Bertz CT molecular complexity index is 652. The lowest BCUT2D eigenvalue weighted by molar-refractivity contribution is 0.277. The zero-order valence-corrected chi connectivity index (χ0v) is 10.8. The molecule has 0 spiro atoms. The lowest BCUT2D eigenvalue weighted by Crippen LogP contribution is -2.12. The third-order valence-electron chi connectivity index (χ3n) is 2.27. The van der Waals surface area contributed by atoms with Gasteiger partial charge in [0.05, 0.1) is 12.3 Å². The molecule has 0 aliphatic carbocycles. The van der Waals surface area contributed by atoms with Crippen molar-refractivity contribution in [3.05, 3.63) is 47.2 Å². The molecule has 2 rings (SSSR count).